The summed E-state index contributed by atoms with van der Waals surface area (Å²) in [4.78, 5) is 16.7. The van der Waals surface area contributed by atoms with E-state index in [1.54, 1.807) is 39.3 Å². The van der Waals surface area contributed by atoms with E-state index in [0.717, 1.165) is 11.1 Å². The van der Waals surface area contributed by atoms with E-state index < -0.39 is 6.10 Å². The molecule has 1 atom stereocenters. The van der Waals surface area contributed by atoms with E-state index in [1.807, 2.05) is 32.0 Å². The van der Waals surface area contributed by atoms with E-state index in [2.05, 4.69) is 15.5 Å². The Balaban J connectivity index is 1.61. The number of amides is 1. The lowest BCUT2D eigenvalue weighted by Gasteiger charge is -2.15. The maximum Gasteiger partial charge on any atom is 0.261 e. The van der Waals surface area contributed by atoms with Crippen LogP contribution in [0.2, 0.25) is 0 Å². The molecular weight excluding hydrogens is 386 g/mol. The Bertz CT molecular complexity index is 1010. The highest BCUT2D eigenvalue weighted by Gasteiger charge is 2.18. The van der Waals surface area contributed by atoms with Crippen molar-refractivity contribution in [2.45, 2.75) is 33.4 Å². The number of methoxy groups -OCH3 is 2. The molecule has 0 aliphatic heterocycles. The van der Waals surface area contributed by atoms with Crippen LogP contribution in [-0.2, 0) is 11.3 Å². The van der Waals surface area contributed by atoms with Crippen LogP contribution in [0.1, 0.15) is 23.9 Å². The summed E-state index contributed by atoms with van der Waals surface area (Å²) in [6.45, 7) is 5.74. The van der Waals surface area contributed by atoms with Crippen molar-refractivity contribution in [3.8, 4) is 28.6 Å². The average Bonchev–Trinajstić information content (AvgIpc) is 3.19. The molecule has 8 heteroatoms. The van der Waals surface area contributed by atoms with Crippen molar-refractivity contribution in [1.82, 2.24) is 15.5 Å². The highest BCUT2D eigenvalue weighted by atomic mass is 16.5. The predicted molar refractivity (Wildman–Crippen MR) is 111 cm³/mol. The molecule has 2 aromatic carbocycles. The van der Waals surface area contributed by atoms with Gasteiger partial charge in [-0.25, -0.2) is 0 Å². The van der Waals surface area contributed by atoms with Gasteiger partial charge in [-0.3, -0.25) is 4.79 Å². The fourth-order valence-corrected chi connectivity index (χ4v) is 2.98. The molecular formula is C22H25N3O5. The van der Waals surface area contributed by atoms with E-state index in [0.29, 0.717) is 28.6 Å². The van der Waals surface area contributed by atoms with Gasteiger partial charge in [0.1, 0.15) is 17.2 Å². The highest BCUT2D eigenvalue weighted by molar-refractivity contribution is 5.80. The van der Waals surface area contributed by atoms with Crippen molar-refractivity contribution in [2.24, 2.45) is 0 Å². The third-order valence-corrected chi connectivity index (χ3v) is 4.41. The van der Waals surface area contributed by atoms with Crippen LogP contribution in [0, 0.1) is 13.8 Å². The van der Waals surface area contributed by atoms with Gasteiger partial charge in [0.25, 0.3) is 5.91 Å². The fraction of sp³-hybridized carbons (Fsp3) is 0.318. The van der Waals surface area contributed by atoms with Crippen LogP contribution in [-0.4, -0.2) is 36.4 Å². The normalized spacial score (nSPS) is 11.6. The maximum atomic E-state index is 12.4. The second kappa shape index (κ2) is 9.30. The number of benzene rings is 2. The number of carbonyl (C=O) groups excluding carboxylic acids is 1. The van der Waals surface area contributed by atoms with E-state index in [4.69, 9.17) is 18.7 Å². The smallest absolute Gasteiger partial charge is 0.261 e. The summed E-state index contributed by atoms with van der Waals surface area (Å²) in [6.07, 6.45) is -0.671. The molecule has 3 aromatic rings. The molecule has 0 saturated heterocycles. The molecule has 0 saturated carbocycles. The van der Waals surface area contributed by atoms with Gasteiger partial charge in [-0.2, -0.15) is 4.98 Å². The summed E-state index contributed by atoms with van der Waals surface area (Å²) >= 11 is 0. The van der Waals surface area contributed by atoms with Crippen molar-refractivity contribution < 1.29 is 23.5 Å². The topological polar surface area (TPSA) is 95.7 Å². The number of rotatable bonds is 8. The zero-order chi connectivity index (χ0) is 21.7. The first-order chi connectivity index (χ1) is 14.4. The zero-order valence-electron chi connectivity index (χ0n) is 17.7. The van der Waals surface area contributed by atoms with Crippen LogP contribution in [0.15, 0.2) is 40.9 Å². The number of hydrogen-bond donors (Lipinski definition) is 1. The van der Waals surface area contributed by atoms with Gasteiger partial charge >= 0.3 is 0 Å². The Morgan fingerprint density at radius 2 is 1.80 bits per heavy atom. The van der Waals surface area contributed by atoms with Crippen molar-refractivity contribution in [3.63, 3.8) is 0 Å². The summed E-state index contributed by atoms with van der Waals surface area (Å²) < 4.78 is 21.6. The van der Waals surface area contributed by atoms with E-state index >= 15 is 0 Å². The quantitative estimate of drug-likeness (QED) is 0.606. The summed E-state index contributed by atoms with van der Waals surface area (Å²) in [5.41, 5.74) is 2.81. The Labute approximate surface area is 175 Å². The first-order valence-corrected chi connectivity index (χ1v) is 9.47. The number of nitrogens with zero attached hydrogens (tertiary/aromatic N) is 2. The molecule has 0 spiro atoms. The molecule has 1 N–H and O–H groups in total. The number of aromatic nitrogens is 2. The lowest BCUT2D eigenvalue weighted by Crippen LogP contribution is -2.36. The van der Waals surface area contributed by atoms with Gasteiger partial charge in [0.15, 0.2) is 6.10 Å². The van der Waals surface area contributed by atoms with Crippen LogP contribution in [0.4, 0.5) is 0 Å². The lowest BCUT2D eigenvalue weighted by molar-refractivity contribution is -0.127. The van der Waals surface area contributed by atoms with Gasteiger partial charge in [-0.05, 0) is 56.2 Å². The standard InChI is InChI=1S/C22H25N3O5/c1-13-8-14(2)10-17(9-13)29-15(3)22(26)23-12-20-24-21(25-30-20)18-7-6-16(27-4)11-19(18)28-5/h6-11,15H,12H2,1-5H3,(H,23,26)/t15-/m0/s1. The number of hydrogen-bond acceptors (Lipinski definition) is 7. The van der Waals surface area contributed by atoms with E-state index in [-0.39, 0.29) is 18.3 Å². The molecule has 0 unspecified atom stereocenters. The first kappa shape index (κ1) is 21.2. The number of nitrogens with one attached hydrogen (secondary N) is 1. The van der Waals surface area contributed by atoms with Gasteiger partial charge in [0.2, 0.25) is 11.7 Å². The van der Waals surface area contributed by atoms with Crippen LogP contribution < -0.4 is 19.5 Å². The van der Waals surface area contributed by atoms with Gasteiger partial charge in [0, 0.05) is 6.07 Å². The lowest BCUT2D eigenvalue weighted by atomic mass is 10.1. The van der Waals surface area contributed by atoms with Crippen LogP contribution in [0.5, 0.6) is 17.2 Å². The third-order valence-electron chi connectivity index (χ3n) is 4.41. The molecule has 0 aliphatic rings. The Morgan fingerprint density at radius 3 is 2.47 bits per heavy atom. The van der Waals surface area contributed by atoms with Gasteiger partial charge in [0.05, 0.1) is 26.3 Å². The molecule has 158 valence electrons. The summed E-state index contributed by atoms with van der Waals surface area (Å²) in [7, 11) is 3.13. The average molecular weight is 411 g/mol. The molecule has 1 aromatic heterocycles. The zero-order valence-corrected chi connectivity index (χ0v) is 17.7. The number of aryl methyl sites for hydroxylation is 2. The van der Waals surface area contributed by atoms with Crippen LogP contribution in [0.3, 0.4) is 0 Å². The van der Waals surface area contributed by atoms with Crippen LogP contribution in [0.25, 0.3) is 11.4 Å². The van der Waals surface area contributed by atoms with E-state index in [9.17, 15) is 4.79 Å². The molecule has 3 rings (SSSR count). The number of ether oxygens (including phenoxy) is 3. The summed E-state index contributed by atoms with van der Waals surface area (Å²) in [6, 6.07) is 11.1. The highest BCUT2D eigenvalue weighted by Crippen LogP contribution is 2.31. The minimum Gasteiger partial charge on any atom is -0.497 e. The second-order valence-corrected chi connectivity index (χ2v) is 6.88. The van der Waals surface area contributed by atoms with Crippen molar-refractivity contribution >= 4 is 5.91 Å². The van der Waals surface area contributed by atoms with Gasteiger partial charge in [-0.15, -0.1) is 0 Å². The minimum absolute atomic E-state index is 0.0881. The summed E-state index contributed by atoms with van der Waals surface area (Å²) in [5.74, 6) is 2.22. The van der Waals surface area contributed by atoms with Crippen molar-refractivity contribution in [2.75, 3.05) is 14.2 Å². The fourth-order valence-electron chi connectivity index (χ4n) is 2.98. The van der Waals surface area contributed by atoms with Crippen molar-refractivity contribution in [3.05, 3.63) is 53.4 Å². The summed E-state index contributed by atoms with van der Waals surface area (Å²) in [5, 5.41) is 6.72. The molecule has 0 fully saturated rings. The van der Waals surface area contributed by atoms with Crippen LogP contribution >= 0.6 is 0 Å². The molecule has 1 heterocycles. The van der Waals surface area contributed by atoms with E-state index in [1.165, 1.54) is 0 Å². The Morgan fingerprint density at radius 1 is 1.07 bits per heavy atom. The largest absolute Gasteiger partial charge is 0.497 e. The minimum atomic E-state index is -0.671. The predicted octanol–water partition coefficient (Wildman–Crippen LogP) is 3.45. The molecule has 30 heavy (non-hydrogen) atoms. The monoisotopic (exact) mass is 411 g/mol. The Kier molecular flexibility index (Phi) is 6.56. The maximum absolute atomic E-state index is 12.4. The molecule has 1 amide bonds. The van der Waals surface area contributed by atoms with Gasteiger partial charge in [-0.1, -0.05) is 11.2 Å². The number of carbonyl (C=O) groups is 1. The SMILES string of the molecule is COc1ccc(-c2noc(CNC(=O)[C@H](C)Oc3cc(C)cc(C)c3)n2)c(OC)c1. The Hall–Kier alpha value is -3.55. The van der Waals surface area contributed by atoms with Crippen molar-refractivity contribution in [1.29, 1.82) is 0 Å². The molecule has 0 radical (unpaired) electrons. The molecule has 8 nitrogen and oxygen atoms in total. The van der Waals surface area contributed by atoms with Gasteiger partial charge < -0.3 is 24.1 Å². The molecule has 0 aliphatic carbocycles. The second-order valence-electron chi connectivity index (χ2n) is 6.88. The first-order valence-electron chi connectivity index (χ1n) is 9.47. The molecule has 0 bridgehead atoms. The third kappa shape index (κ3) is 5.08.